The fourth-order valence-corrected chi connectivity index (χ4v) is 4.60. The fraction of sp³-hybridized carbons (Fsp3) is 0.368. The third-order valence-corrected chi connectivity index (χ3v) is 5.89. The summed E-state index contributed by atoms with van der Waals surface area (Å²) in [6.07, 6.45) is 1.71. The Bertz CT molecular complexity index is 891. The number of halogens is 2. The number of hydrogen-bond acceptors (Lipinski definition) is 6. The van der Waals surface area contributed by atoms with Crippen LogP contribution < -0.4 is 29.0 Å². The molecule has 5 rings (SSSR count). The lowest BCUT2D eigenvalue weighted by Gasteiger charge is -2.30. The van der Waals surface area contributed by atoms with Gasteiger partial charge in [-0.1, -0.05) is 6.07 Å². The standard InChI is InChI=1S/C19H18BrNO5.ClH/c1-22-17-15-11(16(20)18-19(17)26-9-25-18)4-5-21-12(15)6-10-2-3-13-14(7-10)24-8-23-13;/h2-3,7,12,21H,4-6,8-9H2,1H3;1H/t12-;/m1./s1. The Kier molecular flexibility index (Phi) is 5.01. The first-order valence-corrected chi connectivity index (χ1v) is 9.35. The highest BCUT2D eigenvalue weighted by atomic mass is 79.9. The average molecular weight is 457 g/mol. The predicted octanol–water partition coefficient (Wildman–Crippen LogP) is 3.77. The van der Waals surface area contributed by atoms with Gasteiger partial charge in [-0.05, 0) is 58.6 Å². The van der Waals surface area contributed by atoms with E-state index in [2.05, 4.69) is 27.3 Å². The molecule has 3 aliphatic rings. The molecule has 0 spiro atoms. The zero-order chi connectivity index (χ0) is 17.7. The van der Waals surface area contributed by atoms with Crippen LogP contribution >= 0.6 is 28.3 Å². The SMILES string of the molecule is COc1c2c(c(Br)c3c1[C@@H](Cc1ccc4c(c1)OCO4)NCC3)OCO2.Cl. The summed E-state index contributed by atoms with van der Waals surface area (Å²) in [5, 5.41) is 3.62. The minimum absolute atomic E-state index is 0. The van der Waals surface area contributed by atoms with Gasteiger partial charge in [0, 0.05) is 11.6 Å². The summed E-state index contributed by atoms with van der Waals surface area (Å²) in [6, 6.07) is 6.21. The van der Waals surface area contributed by atoms with Gasteiger partial charge < -0.3 is 29.0 Å². The fourth-order valence-electron chi connectivity index (χ4n) is 3.89. The topological polar surface area (TPSA) is 58.2 Å². The van der Waals surface area contributed by atoms with Gasteiger partial charge in [0.2, 0.25) is 19.3 Å². The van der Waals surface area contributed by atoms with Crippen molar-refractivity contribution < 1.29 is 23.7 Å². The van der Waals surface area contributed by atoms with E-state index >= 15 is 0 Å². The molecule has 0 aromatic heterocycles. The van der Waals surface area contributed by atoms with Crippen LogP contribution in [0.3, 0.4) is 0 Å². The molecule has 1 atom stereocenters. The Labute approximate surface area is 171 Å². The van der Waals surface area contributed by atoms with Crippen LogP contribution in [0.2, 0.25) is 0 Å². The summed E-state index contributed by atoms with van der Waals surface area (Å²) in [5.74, 6) is 3.78. The van der Waals surface area contributed by atoms with Crippen LogP contribution in [0.15, 0.2) is 22.7 Å². The largest absolute Gasteiger partial charge is 0.492 e. The number of rotatable bonds is 3. The number of methoxy groups -OCH3 is 1. The maximum Gasteiger partial charge on any atom is 0.231 e. The van der Waals surface area contributed by atoms with Crippen molar-refractivity contribution in [3.63, 3.8) is 0 Å². The zero-order valence-electron chi connectivity index (χ0n) is 14.7. The van der Waals surface area contributed by atoms with Gasteiger partial charge in [-0.25, -0.2) is 0 Å². The van der Waals surface area contributed by atoms with Crippen molar-refractivity contribution >= 4 is 28.3 Å². The molecule has 3 aliphatic heterocycles. The van der Waals surface area contributed by atoms with Crippen LogP contribution in [0.5, 0.6) is 28.7 Å². The minimum atomic E-state index is 0. The molecule has 1 N–H and O–H groups in total. The van der Waals surface area contributed by atoms with Gasteiger partial charge in [0.05, 0.1) is 11.6 Å². The Morgan fingerprint density at radius 2 is 1.89 bits per heavy atom. The van der Waals surface area contributed by atoms with E-state index in [-0.39, 0.29) is 32.0 Å². The lowest BCUT2D eigenvalue weighted by molar-refractivity contribution is 0.170. The third-order valence-electron chi connectivity index (χ3n) is 5.05. The molecule has 0 bridgehead atoms. The van der Waals surface area contributed by atoms with Crippen molar-refractivity contribution in [1.82, 2.24) is 5.32 Å². The van der Waals surface area contributed by atoms with Gasteiger partial charge in [-0.3, -0.25) is 0 Å². The van der Waals surface area contributed by atoms with Gasteiger partial charge in [-0.15, -0.1) is 12.4 Å². The molecule has 144 valence electrons. The van der Waals surface area contributed by atoms with Crippen molar-refractivity contribution in [3.05, 3.63) is 39.4 Å². The first kappa shape index (κ1) is 18.5. The molecule has 0 amide bonds. The average Bonchev–Trinajstić information content (AvgIpc) is 3.32. The smallest absolute Gasteiger partial charge is 0.231 e. The summed E-state index contributed by atoms with van der Waals surface area (Å²) in [5.41, 5.74) is 3.53. The summed E-state index contributed by atoms with van der Waals surface area (Å²) in [4.78, 5) is 0. The first-order valence-electron chi connectivity index (χ1n) is 8.56. The van der Waals surface area contributed by atoms with E-state index in [4.69, 9.17) is 23.7 Å². The molecule has 3 heterocycles. The van der Waals surface area contributed by atoms with E-state index in [0.29, 0.717) is 5.75 Å². The second-order valence-electron chi connectivity index (χ2n) is 6.45. The summed E-state index contributed by atoms with van der Waals surface area (Å²) in [6.45, 7) is 1.39. The Morgan fingerprint density at radius 3 is 2.74 bits per heavy atom. The van der Waals surface area contributed by atoms with Crippen LogP contribution in [0.4, 0.5) is 0 Å². The molecule has 0 aliphatic carbocycles. The molecule has 8 heteroatoms. The highest BCUT2D eigenvalue weighted by Gasteiger charge is 2.34. The molecule has 6 nitrogen and oxygen atoms in total. The van der Waals surface area contributed by atoms with E-state index in [0.717, 1.165) is 52.4 Å². The third kappa shape index (κ3) is 2.98. The number of benzene rings is 2. The highest BCUT2D eigenvalue weighted by Crippen LogP contribution is 2.53. The number of nitrogens with one attached hydrogen (secondary N) is 1. The molecule has 27 heavy (non-hydrogen) atoms. The van der Waals surface area contributed by atoms with Crippen molar-refractivity contribution in [2.75, 3.05) is 27.2 Å². The quantitative estimate of drug-likeness (QED) is 0.759. The van der Waals surface area contributed by atoms with E-state index in [1.165, 1.54) is 11.1 Å². The Morgan fingerprint density at radius 1 is 1.11 bits per heavy atom. The number of ether oxygens (including phenoxy) is 5. The van der Waals surface area contributed by atoms with E-state index in [1.54, 1.807) is 7.11 Å². The number of fused-ring (bicyclic) bond motifs is 3. The van der Waals surface area contributed by atoms with Crippen molar-refractivity contribution in [2.45, 2.75) is 18.9 Å². The summed E-state index contributed by atoms with van der Waals surface area (Å²) >= 11 is 3.71. The van der Waals surface area contributed by atoms with Crippen LogP contribution in [0, 0.1) is 0 Å². The lowest BCUT2D eigenvalue weighted by Crippen LogP contribution is -2.32. The van der Waals surface area contributed by atoms with Crippen molar-refractivity contribution in [1.29, 1.82) is 0 Å². The molecule has 2 aromatic rings. The Hall–Kier alpha value is -1.83. The summed E-state index contributed by atoms with van der Waals surface area (Å²) in [7, 11) is 1.68. The second kappa shape index (κ2) is 7.30. The molecule has 2 aromatic carbocycles. The highest BCUT2D eigenvalue weighted by molar-refractivity contribution is 9.10. The van der Waals surface area contributed by atoms with Gasteiger partial charge in [-0.2, -0.15) is 0 Å². The van der Waals surface area contributed by atoms with E-state index in [1.807, 2.05) is 12.1 Å². The van der Waals surface area contributed by atoms with Gasteiger partial charge in [0.1, 0.15) is 0 Å². The molecule has 0 saturated heterocycles. The van der Waals surface area contributed by atoms with Gasteiger partial charge in [0.15, 0.2) is 23.0 Å². The van der Waals surface area contributed by atoms with Gasteiger partial charge >= 0.3 is 0 Å². The monoisotopic (exact) mass is 455 g/mol. The maximum absolute atomic E-state index is 5.74. The van der Waals surface area contributed by atoms with E-state index in [9.17, 15) is 0 Å². The normalized spacial score (nSPS) is 18.7. The molecular formula is C19H19BrClNO5. The minimum Gasteiger partial charge on any atom is -0.492 e. The molecule has 0 saturated carbocycles. The van der Waals surface area contributed by atoms with Crippen molar-refractivity contribution in [2.24, 2.45) is 0 Å². The summed E-state index contributed by atoms with van der Waals surface area (Å²) < 4.78 is 29.0. The van der Waals surface area contributed by atoms with Crippen LogP contribution in [-0.4, -0.2) is 27.2 Å². The molecule has 0 unspecified atom stereocenters. The maximum atomic E-state index is 5.74. The zero-order valence-corrected chi connectivity index (χ0v) is 17.1. The second-order valence-corrected chi connectivity index (χ2v) is 7.25. The lowest BCUT2D eigenvalue weighted by atomic mass is 9.88. The van der Waals surface area contributed by atoms with Gasteiger partial charge in [0.25, 0.3) is 0 Å². The molecule has 0 radical (unpaired) electrons. The van der Waals surface area contributed by atoms with E-state index < -0.39 is 0 Å². The first-order chi connectivity index (χ1) is 12.8. The molecular weight excluding hydrogens is 438 g/mol. The predicted molar refractivity (Wildman–Crippen MR) is 105 cm³/mol. The molecule has 0 fully saturated rings. The van der Waals surface area contributed by atoms with Crippen LogP contribution in [-0.2, 0) is 12.8 Å². The number of hydrogen-bond donors (Lipinski definition) is 1. The van der Waals surface area contributed by atoms with Crippen LogP contribution in [0.1, 0.15) is 22.7 Å². The van der Waals surface area contributed by atoms with Crippen LogP contribution in [0.25, 0.3) is 0 Å². The van der Waals surface area contributed by atoms with Crippen molar-refractivity contribution in [3.8, 4) is 28.7 Å². The Balaban J connectivity index is 0.00000180.